The van der Waals surface area contributed by atoms with Gasteiger partial charge in [-0.05, 0) is 129 Å². The Balaban J connectivity index is 1.15. The molecule has 0 unspecified atom stereocenters. The van der Waals surface area contributed by atoms with Gasteiger partial charge < -0.3 is 14.0 Å². The van der Waals surface area contributed by atoms with Crippen LogP contribution >= 0.6 is 0 Å². The number of nitrogens with zero attached hydrogens (tertiary/aromatic N) is 1. The van der Waals surface area contributed by atoms with Gasteiger partial charge >= 0.3 is 24.7 Å². The van der Waals surface area contributed by atoms with E-state index in [1.165, 1.54) is 24.3 Å². The number of fused-ring (bicyclic) bond motifs is 1. The van der Waals surface area contributed by atoms with Crippen LogP contribution in [-0.4, -0.2) is 48.7 Å². The van der Waals surface area contributed by atoms with Gasteiger partial charge in [-0.1, -0.05) is 146 Å². The maximum absolute atomic E-state index is 14.1. The molecule has 0 N–H and O–H groups in total. The van der Waals surface area contributed by atoms with Crippen LogP contribution in [0.1, 0.15) is 71.2 Å². The third-order valence-corrected chi connectivity index (χ3v) is 16.4. The predicted molar refractivity (Wildman–Crippen MR) is 282 cm³/mol. The normalized spacial score (nSPS) is 19.6. The van der Waals surface area contributed by atoms with Crippen molar-refractivity contribution in [3.05, 3.63) is 239 Å². The summed E-state index contributed by atoms with van der Waals surface area (Å²) in [6, 6.07) is 49.4. The number of alkyl halides is 12. The van der Waals surface area contributed by atoms with E-state index in [-0.39, 0.29) is 0 Å². The van der Waals surface area contributed by atoms with Gasteiger partial charge in [0.1, 0.15) is 12.2 Å². The van der Waals surface area contributed by atoms with Gasteiger partial charge in [0.05, 0.1) is 59.3 Å². The molecule has 0 radical (unpaired) electrons. The Hall–Kier alpha value is -7.20. The summed E-state index contributed by atoms with van der Waals surface area (Å²) in [6.45, 7) is 5.62. The van der Waals surface area contributed by atoms with E-state index in [1.807, 2.05) is 48.5 Å². The molecule has 0 aliphatic carbocycles. The molecule has 3 fully saturated rings. The Kier molecular flexibility index (Phi) is 13.6. The topological polar surface area (TPSA) is 18.5 Å². The molecule has 0 amide bonds. The van der Waals surface area contributed by atoms with Gasteiger partial charge in [0.25, 0.3) is 0 Å². The van der Waals surface area contributed by atoms with Crippen molar-refractivity contribution in [2.24, 2.45) is 0 Å². The van der Waals surface area contributed by atoms with Gasteiger partial charge in [0.15, 0.2) is 5.79 Å². The second-order valence-electron chi connectivity index (χ2n) is 21.9. The van der Waals surface area contributed by atoms with Crippen molar-refractivity contribution in [3.63, 3.8) is 0 Å². The predicted octanol–water partition coefficient (Wildman–Crippen LogP) is 17.8. The van der Waals surface area contributed by atoms with E-state index in [2.05, 4.69) is 0 Å². The number of benzene rings is 8. The third-order valence-electron chi connectivity index (χ3n) is 16.4. The molecule has 0 bridgehead atoms. The van der Waals surface area contributed by atoms with Gasteiger partial charge in [0, 0.05) is 12.8 Å². The van der Waals surface area contributed by atoms with Gasteiger partial charge in [-0.3, -0.25) is 0 Å². The first kappa shape index (κ1) is 54.7. The lowest BCUT2D eigenvalue weighted by Gasteiger charge is -2.46. The fraction of sp³-hybridized carbons (Fsp3) is 0.262. The van der Waals surface area contributed by atoms with Crippen molar-refractivity contribution in [3.8, 4) is 44.5 Å². The van der Waals surface area contributed by atoms with Crippen molar-refractivity contribution >= 4 is 0 Å². The number of hydrogen-bond donors (Lipinski definition) is 0. The van der Waals surface area contributed by atoms with Crippen LogP contribution in [0.5, 0.6) is 0 Å². The van der Waals surface area contributed by atoms with E-state index in [0.29, 0.717) is 75.2 Å². The van der Waals surface area contributed by atoms with Crippen LogP contribution in [0, 0.1) is 0 Å². The van der Waals surface area contributed by atoms with E-state index in [0.717, 1.165) is 83.6 Å². The largest absolute Gasteiger partial charge is 0.416 e. The first-order valence-electron chi connectivity index (χ1n) is 26.1. The zero-order valence-electron chi connectivity index (χ0n) is 43.2. The van der Waals surface area contributed by atoms with E-state index in [4.69, 9.17) is 9.47 Å². The van der Waals surface area contributed by atoms with Crippen LogP contribution in [0.25, 0.3) is 44.5 Å². The summed E-state index contributed by atoms with van der Waals surface area (Å²) in [6.07, 6.45) is -18.6. The standard InChI is InChI=1S/C65H52F12NO2/c1-59(2)79-57-58(80-59)61(51-29-21-43(22-30-51)47-11-7-15-55(37-47)64(72,73)74,52-31-23-44(24-32-52)48-12-8-16-56(38-48)65(75,76)77)40-78(33-3-4-34-78)39-60(57,49-25-17-41(18-26-49)45-9-5-13-53(35-45)62(66,67)68)50-27-19-42(20-28-50)46-10-6-14-54(36-46)63(69,70)71/h5-32,35-38,57-58H,3-4,33-34,39-40H2,1-2H3/q+1/t57-,58-/m1/s1. The quantitative estimate of drug-likeness (QED) is 0.112. The third kappa shape index (κ3) is 10.2. The van der Waals surface area contributed by atoms with Crippen molar-refractivity contribution in [2.75, 3.05) is 26.2 Å². The van der Waals surface area contributed by atoms with Gasteiger partial charge in [-0.25, -0.2) is 0 Å². The molecule has 8 aromatic carbocycles. The minimum atomic E-state index is -4.60. The summed E-state index contributed by atoms with van der Waals surface area (Å²) < 4.78 is 184. The van der Waals surface area contributed by atoms with Crippen molar-refractivity contribution in [2.45, 2.75) is 80.2 Å². The van der Waals surface area contributed by atoms with Crippen molar-refractivity contribution < 1.29 is 66.6 Å². The van der Waals surface area contributed by atoms with E-state index >= 15 is 0 Å². The van der Waals surface area contributed by atoms with E-state index < -0.39 is 75.8 Å². The lowest BCUT2D eigenvalue weighted by molar-refractivity contribution is -0.922. The highest BCUT2D eigenvalue weighted by Gasteiger charge is 2.68. The maximum atomic E-state index is 14.1. The molecule has 3 heterocycles. The fourth-order valence-electron chi connectivity index (χ4n) is 12.8. The molecule has 412 valence electrons. The molecule has 0 aromatic heterocycles. The first-order chi connectivity index (χ1) is 37.8. The summed E-state index contributed by atoms with van der Waals surface area (Å²) in [5, 5.41) is 0. The highest BCUT2D eigenvalue weighted by Crippen LogP contribution is 2.58. The average molecular weight is 1110 g/mol. The molecule has 2 atom stereocenters. The number of hydrogen-bond acceptors (Lipinski definition) is 2. The minimum Gasteiger partial charge on any atom is -0.343 e. The molecule has 3 nitrogen and oxygen atoms in total. The average Bonchev–Trinajstić information content (AvgIpc) is 3.65. The molecule has 1 spiro atoms. The van der Waals surface area contributed by atoms with Crippen LogP contribution < -0.4 is 0 Å². The van der Waals surface area contributed by atoms with Crippen LogP contribution in [-0.2, 0) is 45.0 Å². The molecule has 80 heavy (non-hydrogen) atoms. The second-order valence-corrected chi connectivity index (χ2v) is 21.9. The Morgan fingerprint density at radius 3 is 0.800 bits per heavy atom. The maximum Gasteiger partial charge on any atom is 0.416 e. The first-order valence-corrected chi connectivity index (χ1v) is 26.1. The molecule has 0 saturated carbocycles. The highest BCUT2D eigenvalue weighted by atomic mass is 19.4. The summed E-state index contributed by atoms with van der Waals surface area (Å²) >= 11 is 0. The molecule has 15 heteroatoms. The van der Waals surface area contributed by atoms with Crippen LogP contribution in [0.4, 0.5) is 52.7 Å². The lowest BCUT2D eigenvalue weighted by Crippen LogP contribution is -2.58. The van der Waals surface area contributed by atoms with Gasteiger partial charge in [-0.2, -0.15) is 52.7 Å². The second kappa shape index (κ2) is 19.8. The number of quaternary nitrogens is 1. The fourth-order valence-corrected chi connectivity index (χ4v) is 12.8. The number of rotatable bonds is 8. The molecular weight excluding hydrogens is 1050 g/mol. The molecule has 11 rings (SSSR count). The van der Waals surface area contributed by atoms with Crippen molar-refractivity contribution in [1.82, 2.24) is 0 Å². The Labute approximate surface area is 454 Å². The van der Waals surface area contributed by atoms with Crippen LogP contribution in [0.3, 0.4) is 0 Å². The Morgan fingerprint density at radius 1 is 0.338 bits per heavy atom. The number of ether oxygens (including phenoxy) is 2. The molecule has 3 aliphatic rings. The minimum absolute atomic E-state index is 0.329. The SMILES string of the molecule is CC1(C)O[C@@H]2[C@@H](O1)C(c1ccc(-c3cccc(C(F)(F)F)c3)cc1)(c1ccc(-c3cccc(C(F)(F)F)c3)cc1)C[N+]1(CCCC1)CC2(c1ccc(-c2cccc(C(F)(F)F)c2)cc1)c1ccc(-c2cccc(C(F)(F)F)c2)cc1. The van der Waals surface area contributed by atoms with E-state index in [1.54, 1.807) is 86.6 Å². The Morgan fingerprint density at radius 2 is 0.575 bits per heavy atom. The smallest absolute Gasteiger partial charge is 0.343 e. The molecule has 3 saturated heterocycles. The molecule has 3 aliphatic heterocycles. The molecular formula is C65H52F12NO2+. The van der Waals surface area contributed by atoms with Gasteiger partial charge in [-0.15, -0.1) is 0 Å². The van der Waals surface area contributed by atoms with Gasteiger partial charge in [0.2, 0.25) is 0 Å². The number of halogens is 12. The summed E-state index contributed by atoms with van der Waals surface area (Å²) in [5.41, 5.74) is 0.558. The summed E-state index contributed by atoms with van der Waals surface area (Å²) in [4.78, 5) is 0. The lowest BCUT2D eigenvalue weighted by atomic mass is 9.62. The summed E-state index contributed by atoms with van der Waals surface area (Å²) in [7, 11) is 0. The monoisotopic (exact) mass is 1110 g/mol. The van der Waals surface area contributed by atoms with Crippen molar-refractivity contribution in [1.29, 1.82) is 0 Å². The zero-order valence-corrected chi connectivity index (χ0v) is 43.2. The highest BCUT2D eigenvalue weighted by molar-refractivity contribution is 5.70. The van der Waals surface area contributed by atoms with E-state index in [9.17, 15) is 52.7 Å². The Bertz CT molecular complexity index is 3110. The summed E-state index contributed by atoms with van der Waals surface area (Å²) in [5.74, 6) is -1.31. The van der Waals surface area contributed by atoms with Crippen LogP contribution in [0.2, 0.25) is 0 Å². The van der Waals surface area contributed by atoms with Crippen LogP contribution in [0.15, 0.2) is 194 Å². The zero-order chi connectivity index (χ0) is 56.7. The molecule has 8 aromatic rings.